The molecule has 1 saturated carbocycles. The number of rotatable bonds is 3. The van der Waals surface area contributed by atoms with Gasteiger partial charge in [0.25, 0.3) is 0 Å². The minimum Gasteiger partial charge on any atom is -0.337 e. The maximum Gasteiger partial charge on any atom is 0.166 e. The molecular weight excluding hydrogens is 411 g/mol. The fraction of sp³-hybridized carbons (Fsp3) is 0.300. The molecule has 2 aromatic carbocycles. The van der Waals surface area contributed by atoms with Crippen LogP contribution in [0.25, 0.3) is 20.4 Å². The van der Waals surface area contributed by atoms with Crippen LogP contribution in [0.5, 0.6) is 0 Å². The van der Waals surface area contributed by atoms with Gasteiger partial charge in [-0.2, -0.15) is 0 Å². The lowest BCUT2D eigenvalue weighted by atomic mass is 9.96. The number of aromatic amines is 1. The van der Waals surface area contributed by atoms with E-state index in [1.807, 2.05) is 24.3 Å². The summed E-state index contributed by atoms with van der Waals surface area (Å²) >= 11 is 10.1. The van der Waals surface area contributed by atoms with Crippen molar-refractivity contribution in [2.75, 3.05) is 0 Å². The van der Waals surface area contributed by atoms with E-state index in [0.29, 0.717) is 6.04 Å². The number of H-pyrrole nitrogens is 1. The van der Waals surface area contributed by atoms with E-state index in [-0.39, 0.29) is 0 Å². The molecule has 3 nitrogen and oxygen atoms in total. The largest absolute Gasteiger partial charge is 0.337 e. The van der Waals surface area contributed by atoms with E-state index in [1.165, 1.54) is 41.5 Å². The Balaban J connectivity index is 0.000000153. The van der Waals surface area contributed by atoms with Gasteiger partial charge in [0.05, 0.1) is 20.4 Å². The molecule has 1 fully saturated rings. The molecular formula is C20H21N3S4. The Labute approximate surface area is 176 Å². The second kappa shape index (κ2) is 9.30. The molecule has 2 N–H and O–H groups in total. The fourth-order valence-corrected chi connectivity index (χ4v) is 6.18. The maximum atomic E-state index is 4.98. The summed E-state index contributed by atoms with van der Waals surface area (Å²) in [5, 5.41) is 0. The van der Waals surface area contributed by atoms with Crippen LogP contribution >= 0.6 is 46.8 Å². The van der Waals surface area contributed by atoms with Gasteiger partial charge in [0.2, 0.25) is 0 Å². The van der Waals surface area contributed by atoms with Gasteiger partial charge in [0.15, 0.2) is 8.29 Å². The zero-order valence-corrected chi connectivity index (χ0v) is 18.1. The molecule has 2 aromatic heterocycles. The Morgan fingerprint density at radius 3 is 2.48 bits per heavy atom. The minimum atomic E-state index is 0.681. The molecule has 0 saturated heterocycles. The number of para-hydroxylation sites is 2. The lowest BCUT2D eigenvalue weighted by Gasteiger charge is -2.21. The van der Waals surface area contributed by atoms with Crippen molar-refractivity contribution in [2.45, 2.75) is 42.5 Å². The van der Waals surface area contributed by atoms with Crippen molar-refractivity contribution >= 4 is 67.3 Å². The van der Waals surface area contributed by atoms with E-state index in [1.54, 1.807) is 34.6 Å². The Bertz CT molecular complexity index is 990. The normalized spacial score (nSPS) is 15.0. The second-order valence-corrected chi connectivity index (χ2v) is 10.3. The zero-order valence-electron chi connectivity index (χ0n) is 14.8. The Morgan fingerprint density at radius 2 is 1.70 bits per heavy atom. The summed E-state index contributed by atoms with van der Waals surface area (Å²) in [7, 11) is 0. The van der Waals surface area contributed by atoms with Crippen LogP contribution in [0.2, 0.25) is 0 Å². The van der Waals surface area contributed by atoms with Gasteiger partial charge < -0.3 is 4.98 Å². The third-order valence-corrected chi connectivity index (χ3v) is 7.78. The van der Waals surface area contributed by atoms with Gasteiger partial charge in [-0.15, -0.1) is 22.7 Å². The van der Waals surface area contributed by atoms with Crippen LogP contribution in [0.15, 0.2) is 52.9 Å². The number of thiazole rings is 2. The van der Waals surface area contributed by atoms with E-state index < -0.39 is 0 Å². The average Bonchev–Trinajstić information content (AvgIpc) is 3.29. The zero-order chi connectivity index (χ0) is 18.5. The first-order valence-electron chi connectivity index (χ1n) is 9.14. The number of hydrogen-bond acceptors (Lipinski definition) is 6. The summed E-state index contributed by atoms with van der Waals surface area (Å²) in [5.41, 5.74) is 2.25. The van der Waals surface area contributed by atoms with Gasteiger partial charge in [-0.05, 0) is 61.3 Å². The van der Waals surface area contributed by atoms with Crippen molar-refractivity contribution in [3.05, 3.63) is 52.5 Å². The molecule has 0 aliphatic heterocycles. The summed E-state index contributed by atoms with van der Waals surface area (Å²) in [6.07, 6.45) is 6.79. The van der Waals surface area contributed by atoms with Crippen LogP contribution in [0.1, 0.15) is 32.1 Å². The highest BCUT2D eigenvalue weighted by Gasteiger charge is 2.14. The van der Waals surface area contributed by atoms with Crippen LogP contribution in [-0.2, 0) is 0 Å². The lowest BCUT2D eigenvalue weighted by molar-refractivity contribution is 0.423. The highest BCUT2D eigenvalue weighted by Crippen LogP contribution is 2.29. The molecule has 2 heterocycles. The van der Waals surface area contributed by atoms with Gasteiger partial charge in [-0.25, -0.2) is 4.98 Å². The van der Waals surface area contributed by atoms with Crippen LogP contribution in [0.4, 0.5) is 0 Å². The Kier molecular flexibility index (Phi) is 6.57. The molecule has 5 rings (SSSR count). The van der Waals surface area contributed by atoms with Crippen molar-refractivity contribution in [1.82, 2.24) is 14.7 Å². The lowest BCUT2D eigenvalue weighted by Crippen LogP contribution is -2.25. The molecule has 7 heteroatoms. The van der Waals surface area contributed by atoms with Crippen LogP contribution in [0.3, 0.4) is 0 Å². The van der Waals surface area contributed by atoms with E-state index in [9.17, 15) is 0 Å². The highest BCUT2D eigenvalue weighted by molar-refractivity contribution is 7.99. The SMILES string of the molecule is S=c1[nH]c2ccccc2s1.c1ccc2sc(SNC3CCCCC3)nc2c1. The van der Waals surface area contributed by atoms with Gasteiger partial charge in [-0.1, -0.05) is 43.5 Å². The van der Waals surface area contributed by atoms with E-state index in [2.05, 4.69) is 39.0 Å². The van der Waals surface area contributed by atoms with Crippen molar-refractivity contribution in [3.63, 3.8) is 0 Å². The molecule has 1 aliphatic carbocycles. The van der Waals surface area contributed by atoms with Crippen LogP contribution in [0, 0.1) is 3.95 Å². The Morgan fingerprint density at radius 1 is 0.963 bits per heavy atom. The minimum absolute atomic E-state index is 0.681. The van der Waals surface area contributed by atoms with Gasteiger partial charge in [-0.3, -0.25) is 4.72 Å². The molecule has 0 radical (unpaired) electrons. The van der Waals surface area contributed by atoms with Crippen LogP contribution in [-0.4, -0.2) is 16.0 Å². The molecule has 0 unspecified atom stereocenters. The van der Waals surface area contributed by atoms with Gasteiger partial charge in [0, 0.05) is 6.04 Å². The number of benzene rings is 2. The molecule has 27 heavy (non-hydrogen) atoms. The molecule has 140 valence electrons. The summed E-state index contributed by atoms with van der Waals surface area (Å²) < 4.78 is 8.06. The van der Waals surface area contributed by atoms with Crippen molar-refractivity contribution in [1.29, 1.82) is 0 Å². The number of nitrogens with one attached hydrogen (secondary N) is 2. The Hall–Kier alpha value is -1.25. The first-order chi connectivity index (χ1) is 13.3. The van der Waals surface area contributed by atoms with E-state index in [0.717, 1.165) is 19.3 Å². The number of nitrogens with zero attached hydrogens (tertiary/aromatic N) is 1. The molecule has 0 spiro atoms. The fourth-order valence-electron chi connectivity index (χ4n) is 3.14. The highest BCUT2D eigenvalue weighted by atomic mass is 32.2. The monoisotopic (exact) mass is 431 g/mol. The van der Waals surface area contributed by atoms with Crippen molar-refractivity contribution < 1.29 is 0 Å². The molecule has 1 aliphatic rings. The predicted octanol–water partition coefficient (Wildman–Crippen LogP) is 7.18. The van der Waals surface area contributed by atoms with E-state index in [4.69, 9.17) is 12.2 Å². The number of aromatic nitrogens is 2. The van der Waals surface area contributed by atoms with Crippen LogP contribution < -0.4 is 4.72 Å². The standard InChI is InChI=1S/C13H16N2S2.C7H5NS2/c1-2-6-10(7-3-1)15-17-13-14-11-8-4-5-9-12(11)16-13;9-7-8-5-3-1-2-4-6(5)10-7/h4-5,8-10,15H,1-3,6-7H2;1-4H,(H,8,9). The predicted molar refractivity (Wildman–Crippen MR) is 122 cm³/mol. The first kappa shape index (κ1) is 19.1. The molecule has 4 aromatic rings. The summed E-state index contributed by atoms with van der Waals surface area (Å²) in [5.74, 6) is 0. The third-order valence-electron chi connectivity index (χ3n) is 4.52. The molecule has 0 atom stereocenters. The van der Waals surface area contributed by atoms with Gasteiger partial charge in [0.1, 0.15) is 0 Å². The first-order valence-corrected chi connectivity index (χ1v) is 12.0. The topological polar surface area (TPSA) is 40.7 Å². The molecule has 0 amide bonds. The number of hydrogen-bond donors (Lipinski definition) is 2. The van der Waals surface area contributed by atoms with Crippen molar-refractivity contribution in [3.8, 4) is 0 Å². The summed E-state index contributed by atoms with van der Waals surface area (Å²) in [6, 6.07) is 17.1. The average molecular weight is 432 g/mol. The van der Waals surface area contributed by atoms with Crippen molar-refractivity contribution in [2.24, 2.45) is 0 Å². The summed E-state index contributed by atoms with van der Waals surface area (Å²) in [4.78, 5) is 7.71. The smallest absolute Gasteiger partial charge is 0.166 e. The molecule has 0 bridgehead atoms. The third kappa shape index (κ3) is 5.18. The second-order valence-electron chi connectivity index (χ2n) is 6.51. The van der Waals surface area contributed by atoms with Gasteiger partial charge >= 0.3 is 0 Å². The summed E-state index contributed by atoms with van der Waals surface area (Å²) in [6.45, 7) is 0. The van der Waals surface area contributed by atoms with E-state index >= 15 is 0 Å². The quantitative estimate of drug-likeness (QED) is 0.266. The number of fused-ring (bicyclic) bond motifs is 2. The maximum absolute atomic E-state index is 4.98.